The molecule has 1 heterocycles. The zero-order valence-electron chi connectivity index (χ0n) is 11.7. The van der Waals surface area contributed by atoms with E-state index in [1.807, 2.05) is 0 Å². The highest BCUT2D eigenvalue weighted by Gasteiger charge is 2.32. The summed E-state index contributed by atoms with van der Waals surface area (Å²) < 4.78 is 38.0. The lowest BCUT2D eigenvalue weighted by molar-refractivity contribution is -0.139. The zero-order chi connectivity index (χ0) is 15.6. The average Bonchev–Trinajstić information content (AvgIpc) is 2.37. The Kier molecular flexibility index (Phi) is 4.56. The second kappa shape index (κ2) is 6.05. The number of hydrogen-bond acceptors (Lipinski definition) is 2. The Morgan fingerprint density at radius 2 is 2.14 bits per heavy atom. The van der Waals surface area contributed by atoms with E-state index in [1.165, 1.54) is 6.07 Å². The van der Waals surface area contributed by atoms with Gasteiger partial charge in [0.1, 0.15) is 0 Å². The first-order chi connectivity index (χ1) is 9.77. The van der Waals surface area contributed by atoms with Gasteiger partial charge >= 0.3 is 12.1 Å². The van der Waals surface area contributed by atoms with Gasteiger partial charge in [-0.15, -0.1) is 0 Å². The molecule has 3 nitrogen and oxygen atoms in total. The molecule has 1 saturated heterocycles. The topological polar surface area (TPSA) is 49.3 Å². The van der Waals surface area contributed by atoms with Crippen LogP contribution >= 0.6 is 0 Å². The molecule has 2 N–H and O–H groups in total. The number of carboxylic acids is 1. The Balaban J connectivity index is 2.16. The summed E-state index contributed by atoms with van der Waals surface area (Å²) in [6.07, 6.45) is -2.81. The van der Waals surface area contributed by atoms with E-state index in [1.54, 1.807) is 6.92 Å². The molecule has 0 amide bonds. The summed E-state index contributed by atoms with van der Waals surface area (Å²) in [4.78, 5) is 10.8. The monoisotopic (exact) mass is 301 g/mol. The molecule has 0 radical (unpaired) electrons. The third-order valence-corrected chi connectivity index (χ3v) is 3.95. The Hall–Kier alpha value is -1.56. The number of piperidine rings is 1. The first-order valence-electron chi connectivity index (χ1n) is 6.90. The second-order valence-corrected chi connectivity index (χ2v) is 5.56. The number of hydrogen-bond donors (Lipinski definition) is 2. The van der Waals surface area contributed by atoms with Crippen LogP contribution in [-0.4, -0.2) is 17.6 Å². The molecule has 1 aliphatic heterocycles. The Bertz CT molecular complexity index is 528. The number of alkyl halides is 3. The predicted molar refractivity (Wildman–Crippen MR) is 71.9 cm³/mol. The molecule has 0 spiro atoms. The summed E-state index contributed by atoms with van der Waals surface area (Å²) in [7, 11) is 0. The number of halogens is 3. The van der Waals surface area contributed by atoms with Gasteiger partial charge in [0.15, 0.2) is 0 Å². The van der Waals surface area contributed by atoms with E-state index < -0.39 is 17.7 Å². The van der Waals surface area contributed by atoms with Crippen LogP contribution in [0.5, 0.6) is 0 Å². The molecule has 6 heteroatoms. The Morgan fingerprint density at radius 1 is 1.43 bits per heavy atom. The molecular weight excluding hydrogens is 283 g/mol. The quantitative estimate of drug-likeness (QED) is 0.898. The average molecular weight is 301 g/mol. The van der Waals surface area contributed by atoms with Gasteiger partial charge in [0.25, 0.3) is 0 Å². The second-order valence-electron chi connectivity index (χ2n) is 5.56. The van der Waals surface area contributed by atoms with Gasteiger partial charge in [-0.1, -0.05) is 6.07 Å². The van der Waals surface area contributed by atoms with Crippen molar-refractivity contribution in [3.05, 3.63) is 34.9 Å². The lowest BCUT2D eigenvalue weighted by Crippen LogP contribution is -2.33. The number of carboxylic acid groups (broad SMARTS) is 1. The van der Waals surface area contributed by atoms with Crippen LogP contribution in [0.4, 0.5) is 13.2 Å². The largest absolute Gasteiger partial charge is 0.481 e. The summed E-state index contributed by atoms with van der Waals surface area (Å²) in [6, 6.07) is 3.66. The van der Waals surface area contributed by atoms with Crippen LogP contribution in [0.15, 0.2) is 18.2 Å². The van der Waals surface area contributed by atoms with Crippen molar-refractivity contribution in [3.63, 3.8) is 0 Å². The molecule has 0 bridgehead atoms. The minimum Gasteiger partial charge on any atom is -0.481 e. The molecule has 1 aromatic rings. The third-order valence-electron chi connectivity index (χ3n) is 3.95. The van der Waals surface area contributed by atoms with Gasteiger partial charge in [0.05, 0.1) is 5.56 Å². The predicted octanol–water partition coefficient (Wildman–Crippen LogP) is 3.53. The molecule has 2 unspecified atom stereocenters. The molecule has 0 aromatic heterocycles. The summed E-state index contributed by atoms with van der Waals surface area (Å²) in [5.41, 5.74) is 0.748. The van der Waals surface area contributed by atoms with E-state index in [9.17, 15) is 18.0 Å². The number of carbonyl (C=O) groups is 1. The van der Waals surface area contributed by atoms with Crippen molar-refractivity contribution in [2.24, 2.45) is 5.92 Å². The fourth-order valence-corrected chi connectivity index (χ4v) is 2.91. The molecule has 1 aliphatic rings. The normalized spacial score (nSPS) is 23.0. The maximum absolute atomic E-state index is 12.7. The van der Waals surface area contributed by atoms with E-state index in [2.05, 4.69) is 5.32 Å². The maximum Gasteiger partial charge on any atom is 0.416 e. The van der Waals surface area contributed by atoms with Crippen molar-refractivity contribution < 1.29 is 23.1 Å². The summed E-state index contributed by atoms with van der Waals surface area (Å²) in [5, 5.41) is 12.1. The number of aliphatic carboxylic acids is 1. The van der Waals surface area contributed by atoms with Crippen molar-refractivity contribution in [2.75, 3.05) is 6.54 Å². The SMILES string of the molecule is Cc1cc(C(F)(F)F)ccc1C1CC(CC(=O)O)CCN1. The highest BCUT2D eigenvalue weighted by atomic mass is 19.4. The van der Waals surface area contributed by atoms with Crippen molar-refractivity contribution in [1.82, 2.24) is 5.32 Å². The molecule has 1 fully saturated rings. The molecule has 2 atom stereocenters. The first kappa shape index (κ1) is 15.8. The van der Waals surface area contributed by atoms with Crippen LogP contribution in [0.25, 0.3) is 0 Å². The number of nitrogens with one attached hydrogen (secondary N) is 1. The molecule has 116 valence electrons. The van der Waals surface area contributed by atoms with E-state index in [4.69, 9.17) is 5.11 Å². The molecule has 0 saturated carbocycles. The first-order valence-corrected chi connectivity index (χ1v) is 6.90. The van der Waals surface area contributed by atoms with Crippen LogP contribution < -0.4 is 5.32 Å². The molecule has 2 rings (SSSR count). The highest BCUT2D eigenvalue weighted by Crippen LogP contribution is 2.34. The lowest BCUT2D eigenvalue weighted by Gasteiger charge is -2.31. The maximum atomic E-state index is 12.7. The van der Waals surface area contributed by atoms with Gasteiger partial charge in [-0.2, -0.15) is 13.2 Å². The summed E-state index contributed by atoms with van der Waals surface area (Å²) in [5.74, 6) is -0.764. The summed E-state index contributed by atoms with van der Waals surface area (Å²) in [6.45, 7) is 2.34. The van der Waals surface area contributed by atoms with Gasteiger partial charge in [-0.25, -0.2) is 0 Å². The lowest BCUT2D eigenvalue weighted by atomic mass is 9.85. The van der Waals surface area contributed by atoms with Crippen LogP contribution in [0, 0.1) is 12.8 Å². The Morgan fingerprint density at radius 3 is 2.71 bits per heavy atom. The van der Waals surface area contributed by atoms with Gasteiger partial charge in [-0.05, 0) is 55.5 Å². The summed E-state index contributed by atoms with van der Waals surface area (Å²) >= 11 is 0. The minimum atomic E-state index is -4.34. The molecule has 0 aliphatic carbocycles. The molecular formula is C15H18F3NO2. The fraction of sp³-hybridized carbons (Fsp3) is 0.533. The number of benzene rings is 1. The van der Waals surface area contributed by atoms with Crippen LogP contribution in [0.2, 0.25) is 0 Å². The Labute approximate surface area is 121 Å². The van der Waals surface area contributed by atoms with Crippen molar-refractivity contribution in [3.8, 4) is 0 Å². The van der Waals surface area contributed by atoms with E-state index >= 15 is 0 Å². The smallest absolute Gasteiger partial charge is 0.416 e. The third kappa shape index (κ3) is 3.97. The minimum absolute atomic E-state index is 0.0652. The van der Waals surface area contributed by atoms with E-state index in [0.29, 0.717) is 18.5 Å². The number of aryl methyl sites for hydroxylation is 1. The van der Waals surface area contributed by atoms with Crippen molar-refractivity contribution in [1.29, 1.82) is 0 Å². The molecule has 21 heavy (non-hydrogen) atoms. The number of rotatable bonds is 3. The van der Waals surface area contributed by atoms with Crippen molar-refractivity contribution in [2.45, 2.75) is 38.4 Å². The van der Waals surface area contributed by atoms with E-state index in [-0.39, 0.29) is 18.4 Å². The van der Waals surface area contributed by atoms with Crippen LogP contribution in [0.1, 0.15) is 42.0 Å². The standard InChI is InChI=1S/C15H18F3NO2/c1-9-6-11(15(16,17)18)2-3-12(9)13-7-10(4-5-19-13)8-14(20)21/h2-3,6,10,13,19H,4-5,7-8H2,1H3,(H,20,21). The van der Waals surface area contributed by atoms with Gasteiger partial charge in [0.2, 0.25) is 0 Å². The molecule has 1 aromatic carbocycles. The van der Waals surface area contributed by atoms with Gasteiger partial charge < -0.3 is 10.4 Å². The highest BCUT2D eigenvalue weighted by molar-refractivity contribution is 5.67. The van der Waals surface area contributed by atoms with Gasteiger partial charge in [0, 0.05) is 12.5 Å². The zero-order valence-corrected chi connectivity index (χ0v) is 11.7. The van der Waals surface area contributed by atoms with Crippen LogP contribution in [0.3, 0.4) is 0 Å². The van der Waals surface area contributed by atoms with Crippen molar-refractivity contribution >= 4 is 5.97 Å². The van der Waals surface area contributed by atoms with E-state index in [0.717, 1.165) is 24.1 Å². The van der Waals surface area contributed by atoms with Crippen LogP contribution in [-0.2, 0) is 11.0 Å². The fourth-order valence-electron chi connectivity index (χ4n) is 2.91. The van der Waals surface area contributed by atoms with Gasteiger partial charge in [-0.3, -0.25) is 4.79 Å².